The second-order valence-electron chi connectivity index (χ2n) is 6.14. The summed E-state index contributed by atoms with van der Waals surface area (Å²) in [6, 6.07) is 6.23. The summed E-state index contributed by atoms with van der Waals surface area (Å²) in [6.45, 7) is 10.2. The van der Waals surface area contributed by atoms with E-state index in [0.29, 0.717) is 17.7 Å². The number of hydrogen-bond acceptors (Lipinski definition) is 3. The van der Waals surface area contributed by atoms with E-state index in [9.17, 15) is 5.11 Å². The van der Waals surface area contributed by atoms with Crippen LogP contribution in [-0.2, 0) is 0 Å². The Kier molecular flexibility index (Phi) is 5.30. The maximum Gasteiger partial charge on any atom is 0.118 e. The van der Waals surface area contributed by atoms with Gasteiger partial charge in [0.05, 0.1) is 0 Å². The van der Waals surface area contributed by atoms with Gasteiger partial charge >= 0.3 is 0 Å². The van der Waals surface area contributed by atoms with E-state index in [-0.39, 0.29) is 0 Å². The molecule has 1 aliphatic rings. The lowest BCUT2D eigenvalue weighted by atomic mass is 9.91. The third-order valence-electron chi connectivity index (χ3n) is 4.38. The molecule has 20 heavy (non-hydrogen) atoms. The second kappa shape index (κ2) is 6.98. The number of nitrogens with zero attached hydrogens (tertiary/aromatic N) is 1. The molecular formula is C17H28N2O. The van der Waals surface area contributed by atoms with E-state index in [1.54, 1.807) is 6.07 Å². The number of nitrogens with one attached hydrogen (secondary N) is 1. The highest BCUT2D eigenvalue weighted by Gasteiger charge is 2.24. The molecule has 1 heterocycles. The maximum atomic E-state index is 9.59. The minimum Gasteiger partial charge on any atom is -0.508 e. The largest absolute Gasteiger partial charge is 0.508 e. The molecule has 3 nitrogen and oxygen atoms in total. The fraction of sp³-hybridized carbons (Fsp3) is 0.647. The number of hydrogen-bond donors (Lipinski definition) is 2. The Bertz CT molecular complexity index is 431. The standard InChI is InChI=1S/C17H28N2O/c1-4-9-19-10-5-6-15(12-19)14(3)18-16-7-8-17(20)13(2)11-16/h7-8,11,14-15,18,20H,4-6,9-10,12H2,1-3H3. The van der Waals surface area contributed by atoms with Crippen LogP contribution in [0.3, 0.4) is 0 Å². The van der Waals surface area contributed by atoms with Gasteiger partial charge in [-0.05, 0) is 75.9 Å². The highest BCUT2D eigenvalue weighted by Crippen LogP contribution is 2.25. The van der Waals surface area contributed by atoms with Crippen molar-refractivity contribution in [3.63, 3.8) is 0 Å². The molecule has 0 radical (unpaired) electrons. The number of benzene rings is 1. The van der Waals surface area contributed by atoms with Gasteiger partial charge in [0.15, 0.2) is 0 Å². The van der Waals surface area contributed by atoms with Gasteiger partial charge in [0.2, 0.25) is 0 Å². The molecule has 0 aliphatic carbocycles. The molecule has 1 aromatic carbocycles. The first-order valence-electron chi connectivity index (χ1n) is 7.88. The summed E-state index contributed by atoms with van der Waals surface area (Å²) < 4.78 is 0. The lowest BCUT2D eigenvalue weighted by Gasteiger charge is -2.36. The summed E-state index contributed by atoms with van der Waals surface area (Å²) in [7, 11) is 0. The molecule has 1 fully saturated rings. The van der Waals surface area contributed by atoms with Crippen LogP contribution in [0.1, 0.15) is 38.7 Å². The molecule has 112 valence electrons. The molecule has 0 aromatic heterocycles. The monoisotopic (exact) mass is 276 g/mol. The van der Waals surface area contributed by atoms with Crippen LogP contribution >= 0.6 is 0 Å². The van der Waals surface area contributed by atoms with Gasteiger partial charge in [0.25, 0.3) is 0 Å². The highest BCUT2D eigenvalue weighted by molar-refractivity contribution is 5.50. The van der Waals surface area contributed by atoms with Crippen molar-refractivity contribution >= 4 is 5.69 Å². The van der Waals surface area contributed by atoms with E-state index < -0.39 is 0 Å². The lowest BCUT2D eigenvalue weighted by molar-refractivity contribution is 0.165. The molecule has 2 N–H and O–H groups in total. The predicted molar refractivity (Wildman–Crippen MR) is 85.4 cm³/mol. The molecule has 1 saturated heterocycles. The quantitative estimate of drug-likeness (QED) is 0.806. The Balaban J connectivity index is 1.93. The Morgan fingerprint density at radius 2 is 2.25 bits per heavy atom. The Morgan fingerprint density at radius 3 is 2.95 bits per heavy atom. The average Bonchev–Trinajstić information content (AvgIpc) is 2.43. The Morgan fingerprint density at radius 1 is 1.45 bits per heavy atom. The summed E-state index contributed by atoms with van der Waals surface area (Å²) in [6.07, 6.45) is 3.86. The zero-order valence-corrected chi connectivity index (χ0v) is 13.0. The van der Waals surface area contributed by atoms with Gasteiger partial charge in [-0.2, -0.15) is 0 Å². The van der Waals surface area contributed by atoms with Crippen molar-refractivity contribution in [2.75, 3.05) is 25.0 Å². The van der Waals surface area contributed by atoms with Crippen molar-refractivity contribution in [2.45, 2.75) is 46.1 Å². The number of phenolic OH excluding ortho intramolecular Hbond substituents is 1. The molecule has 2 atom stereocenters. The predicted octanol–water partition coefficient (Wildman–Crippen LogP) is 3.62. The van der Waals surface area contributed by atoms with Gasteiger partial charge in [-0.1, -0.05) is 6.92 Å². The second-order valence-corrected chi connectivity index (χ2v) is 6.14. The number of likely N-dealkylation sites (tertiary alicyclic amines) is 1. The van der Waals surface area contributed by atoms with Gasteiger partial charge in [-0.25, -0.2) is 0 Å². The van der Waals surface area contributed by atoms with Crippen molar-refractivity contribution in [2.24, 2.45) is 5.92 Å². The van der Waals surface area contributed by atoms with E-state index in [4.69, 9.17) is 0 Å². The van der Waals surface area contributed by atoms with E-state index >= 15 is 0 Å². The van der Waals surface area contributed by atoms with Crippen molar-refractivity contribution in [3.8, 4) is 5.75 Å². The molecule has 3 heteroatoms. The van der Waals surface area contributed by atoms with Gasteiger partial charge in [0.1, 0.15) is 5.75 Å². The van der Waals surface area contributed by atoms with Gasteiger partial charge in [-0.15, -0.1) is 0 Å². The molecule has 1 aromatic rings. The third-order valence-corrected chi connectivity index (χ3v) is 4.38. The molecule has 2 rings (SSSR count). The number of phenols is 1. The first kappa shape index (κ1) is 15.2. The van der Waals surface area contributed by atoms with Crippen LogP contribution in [0.25, 0.3) is 0 Å². The zero-order valence-electron chi connectivity index (χ0n) is 13.0. The van der Waals surface area contributed by atoms with Gasteiger partial charge < -0.3 is 15.3 Å². The summed E-state index contributed by atoms with van der Waals surface area (Å²) in [5, 5.41) is 13.2. The van der Waals surface area contributed by atoms with Crippen molar-refractivity contribution in [1.29, 1.82) is 0 Å². The summed E-state index contributed by atoms with van der Waals surface area (Å²) in [5.74, 6) is 1.08. The smallest absolute Gasteiger partial charge is 0.118 e. The van der Waals surface area contributed by atoms with Crippen LogP contribution < -0.4 is 5.32 Å². The van der Waals surface area contributed by atoms with Crippen molar-refractivity contribution in [1.82, 2.24) is 4.90 Å². The average molecular weight is 276 g/mol. The minimum atomic E-state index is 0.370. The fourth-order valence-electron chi connectivity index (χ4n) is 3.14. The van der Waals surface area contributed by atoms with E-state index in [1.165, 1.54) is 38.9 Å². The normalized spacial score (nSPS) is 21.6. The molecule has 0 spiro atoms. The first-order chi connectivity index (χ1) is 9.60. The molecule has 2 unspecified atom stereocenters. The first-order valence-corrected chi connectivity index (χ1v) is 7.88. The highest BCUT2D eigenvalue weighted by atomic mass is 16.3. The molecule has 0 bridgehead atoms. The maximum absolute atomic E-state index is 9.59. The van der Waals surface area contributed by atoms with Crippen LogP contribution in [0.5, 0.6) is 5.75 Å². The zero-order chi connectivity index (χ0) is 14.5. The number of aryl methyl sites for hydroxylation is 1. The van der Waals surface area contributed by atoms with E-state index in [0.717, 1.165) is 11.3 Å². The fourth-order valence-corrected chi connectivity index (χ4v) is 3.14. The van der Waals surface area contributed by atoms with Crippen LogP contribution in [0.4, 0.5) is 5.69 Å². The Hall–Kier alpha value is -1.22. The van der Waals surface area contributed by atoms with Crippen LogP contribution in [0.2, 0.25) is 0 Å². The molecule has 1 aliphatic heterocycles. The van der Waals surface area contributed by atoms with Crippen LogP contribution in [0, 0.1) is 12.8 Å². The molecule has 0 amide bonds. The third kappa shape index (κ3) is 3.89. The number of rotatable bonds is 5. The number of piperidine rings is 1. The minimum absolute atomic E-state index is 0.370. The summed E-state index contributed by atoms with van der Waals surface area (Å²) >= 11 is 0. The van der Waals surface area contributed by atoms with E-state index in [1.807, 2.05) is 19.1 Å². The Labute approximate surface area is 123 Å². The van der Waals surface area contributed by atoms with Crippen LogP contribution in [0.15, 0.2) is 18.2 Å². The van der Waals surface area contributed by atoms with Gasteiger partial charge in [0, 0.05) is 18.3 Å². The number of anilines is 1. The van der Waals surface area contributed by atoms with Gasteiger partial charge in [-0.3, -0.25) is 0 Å². The van der Waals surface area contributed by atoms with Crippen molar-refractivity contribution in [3.05, 3.63) is 23.8 Å². The number of aromatic hydroxyl groups is 1. The molecular weight excluding hydrogens is 248 g/mol. The lowest BCUT2D eigenvalue weighted by Crippen LogP contribution is -2.42. The van der Waals surface area contributed by atoms with Crippen LogP contribution in [-0.4, -0.2) is 35.7 Å². The van der Waals surface area contributed by atoms with E-state index in [2.05, 4.69) is 24.1 Å². The molecule has 0 saturated carbocycles. The SMILES string of the molecule is CCCN1CCCC(C(C)Nc2ccc(O)c(C)c2)C1. The summed E-state index contributed by atoms with van der Waals surface area (Å²) in [4.78, 5) is 2.59. The summed E-state index contributed by atoms with van der Waals surface area (Å²) in [5.41, 5.74) is 2.04. The topological polar surface area (TPSA) is 35.5 Å². The van der Waals surface area contributed by atoms with Crippen molar-refractivity contribution < 1.29 is 5.11 Å².